The summed E-state index contributed by atoms with van der Waals surface area (Å²) < 4.78 is 27.1. The fourth-order valence-electron chi connectivity index (χ4n) is 3.84. The summed E-state index contributed by atoms with van der Waals surface area (Å²) in [6.45, 7) is 1.35. The van der Waals surface area contributed by atoms with E-state index in [1.807, 2.05) is 0 Å². The van der Waals surface area contributed by atoms with Crippen molar-refractivity contribution in [2.45, 2.75) is 50.8 Å². The molecule has 3 atom stereocenters. The standard InChI is InChI=1S/C16H21F2NO/c17-13-6-1-4-11(16(13)18)10-19-9-3-7-14(19)12-5-2-8-15(12)20/h1,4,6,12,14-15,20H,2-3,5,7-10H2. The average Bonchev–Trinajstić information content (AvgIpc) is 3.03. The van der Waals surface area contributed by atoms with Crippen LogP contribution in [0, 0.1) is 17.6 Å². The van der Waals surface area contributed by atoms with Crippen LogP contribution in [-0.4, -0.2) is 28.7 Å². The first-order valence-corrected chi connectivity index (χ1v) is 7.52. The van der Waals surface area contributed by atoms with Crippen molar-refractivity contribution in [3.05, 3.63) is 35.4 Å². The first-order chi connectivity index (χ1) is 9.66. The summed E-state index contributed by atoms with van der Waals surface area (Å²) in [5, 5.41) is 10.1. The third kappa shape index (κ3) is 2.59. The molecule has 0 aromatic heterocycles. The first kappa shape index (κ1) is 14.0. The zero-order chi connectivity index (χ0) is 14.1. The number of halogens is 2. The van der Waals surface area contributed by atoms with E-state index < -0.39 is 11.6 Å². The van der Waals surface area contributed by atoms with Crippen LogP contribution >= 0.6 is 0 Å². The van der Waals surface area contributed by atoms with Gasteiger partial charge < -0.3 is 5.11 Å². The Morgan fingerprint density at radius 1 is 1.15 bits per heavy atom. The second-order valence-corrected chi connectivity index (χ2v) is 6.06. The normalized spacial score (nSPS) is 31.1. The molecule has 0 bridgehead atoms. The van der Waals surface area contributed by atoms with E-state index in [9.17, 15) is 13.9 Å². The van der Waals surface area contributed by atoms with Gasteiger partial charge in [-0.2, -0.15) is 0 Å². The van der Waals surface area contributed by atoms with E-state index in [1.165, 1.54) is 0 Å². The van der Waals surface area contributed by atoms with E-state index in [0.29, 0.717) is 24.1 Å². The summed E-state index contributed by atoms with van der Waals surface area (Å²) in [6.07, 6.45) is 4.91. The molecule has 2 fully saturated rings. The Morgan fingerprint density at radius 3 is 2.75 bits per heavy atom. The summed E-state index contributed by atoms with van der Waals surface area (Å²) in [5.74, 6) is -1.21. The number of benzene rings is 1. The van der Waals surface area contributed by atoms with E-state index in [-0.39, 0.29) is 6.10 Å². The van der Waals surface area contributed by atoms with Gasteiger partial charge in [-0.3, -0.25) is 4.90 Å². The minimum absolute atomic E-state index is 0.224. The van der Waals surface area contributed by atoms with Crippen LogP contribution in [0.5, 0.6) is 0 Å². The van der Waals surface area contributed by atoms with Crippen LogP contribution in [0.1, 0.15) is 37.7 Å². The van der Waals surface area contributed by atoms with E-state index in [1.54, 1.807) is 12.1 Å². The highest BCUT2D eigenvalue weighted by atomic mass is 19.2. The quantitative estimate of drug-likeness (QED) is 0.920. The van der Waals surface area contributed by atoms with Gasteiger partial charge in [-0.15, -0.1) is 0 Å². The second kappa shape index (κ2) is 5.78. The van der Waals surface area contributed by atoms with E-state index in [4.69, 9.17) is 0 Å². The van der Waals surface area contributed by atoms with Crippen LogP contribution in [0.2, 0.25) is 0 Å². The lowest BCUT2D eigenvalue weighted by Crippen LogP contribution is -2.38. The van der Waals surface area contributed by atoms with E-state index >= 15 is 0 Å². The fraction of sp³-hybridized carbons (Fsp3) is 0.625. The van der Waals surface area contributed by atoms with Crippen LogP contribution in [0.25, 0.3) is 0 Å². The summed E-state index contributed by atoms with van der Waals surface area (Å²) in [4.78, 5) is 2.22. The van der Waals surface area contributed by atoms with E-state index in [0.717, 1.165) is 44.7 Å². The third-order valence-corrected chi connectivity index (χ3v) is 4.85. The van der Waals surface area contributed by atoms with Gasteiger partial charge >= 0.3 is 0 Å². The van der Waals surface area contributed by atoms with Crippen molar-refractivity contribution < 1.29 is 13.9 Å². The molecule has 2 aliphatic rings. The largest absolute Gasteiger partial charge is 0.393 e. The lowest BCUT2D eigenvalue weighted by atomic mass is 9.94. The van der Waals surface area contributed by atoms with Crippen molar-refractivity contribution in [2.75, 3.05) is 6.54 Å². The molecule has 0 amide bonds. The van der Waals surface area contributed by atoms with Crippen LogP contribution < -0.4 is 0 Å². The maximum Gasteiger partial charge on any atom is 0.163 e. The molecule has 1 aromatic rings. The molecule has 1 aromatic carbocycles. The molecular weight excluding hydrogens is 260 g/mol. The Bertz CT molecular complexity index is 480. The molecule has 3 unspecified atom stereocenters. The van der Waals surface area contributed by atoms with Crippen molar-refractivity contribution in [2.24, 2.45) is 5.92 Å². The maximum atomic E-state index is 13.8. The van der Waals surface area contributed by atoms with Gasteiger partial charge in [0, 0.05) is 24.1 Å². The third-order valence-electron chi connectivity index (χ3n) is 4.85. The Balaban J connectivity index is 1.74. The minimum Gasteiger partial charge on any atom is -0.393 e. The van der Waals surface area contributed by atoms with Gasteiger partial charge in [-0.1, -0.05) is 18.6 Å². The SMILES string of the molecule is OC1CCCC1C1CCCN1Cc1cccc(F)c1F. The number of nitrogens with zero attached hydrogens (tertiary/aromatic N) is 1. The highest BCUT2D eigenvalue weighted by Crippen LogP contribution is 2.36. The molecule has 4 heteroatoms. The zero-order valence-corrected chi connectivity index (χ0v) is 11.6. The summed E-state index contributed by atoms with van der Waals surface area (Å²) >= 11 is 0. The highest BCUT2D eigenvalue weighted by molar-refractivity contribution is 5.19. The lowest BCUT2D eigenvalue weighted by Gasteiger charge is -2.31. The fourth-order valence-corrected chi connectivity index (χ4v) is 3.84. The van der Waals surface area contributed by atoms with Crippen LogP contribution in [-0.2, 0) is 6.54 Å². The Morgan fingerprint density at radius 2 is 2.00 bits per heavy atom. The zero-order valence-electron chi connectivity index (χ0n) is 11.6. The number of hydrogen-bond donors (Lipinski definition) is 1. The molecule has 1 saturated carbocycles. The smallest absolute Gasteiger partial charge is 0.163 e. The Hall–Kier alpha value is -1.00. The molecule has 20 heavy (non-hydrogen) atoms. The number of aliphatic hydroxyl groups excluding tert-OH is 1. The van der Waals surface area contributed by atoms with Gasteiger partial charge in [-0.25, -0.2) is 8.78 Å². The molecule has 1 N–H and O–H groups in total. The molecule has 0 radical (unpaired) electrons. The summed E-state index contributed by atoms with van der Waals surface area (Å²) in [5.41, 5.74) is 0.421. The predicted octanol–water partition coefficient (Wildman–Crippen LogP) is 3.09. The van der Waals surface area contributed by atoms with Crippen LogP contribution in [0.4, 0.5) is 8.78 Å². The highest BCUT2D eigenvalue weighted by Gasteiger charge is 2.38. The molecule has 2 nitrogen and oxygen atoms in total. The van der Waals surface area contributed by atoms with Gasteiger partial charge in [0.15, 0.2) is 11.6 Å². The average molecular weight is 281 g/mol. The second-order valence-electron chi connectivity index (χ2n) is 6.06. The first-order valence-electron chi connectivity index (χ1n) is 7.52. The topological polar surface area (TPSA) is 23.5 Å². The molecular formula is C16H21F2NO. The van der Waals surface area contributed by atoms with Crippen molar-refractivity contribution in [3.8, 4) is 0 Å². The molecule has 0 spiro atoms. The molecule has 1 heterocycles. The summed E-state index contributed by atoms with van der Waals surface area (Å²) in [7, 11) is 0. The van der Waals surface area contributed by atoms with Crippen molar-refractivity contribution in [3.63, 3.8) is 0 Å². The van der Waals surface area contributed by atoms with Gasteiger partial charge in [0.2, 0.25) is 0 Å². The maximum absolute atomic E-state index is 13.8. The van der Waals surface area contributed by atoms with Crippen molar-refractivity contribution >= 4 is 0 Å². The Kier molecular flexibility index (Phi) is 4.03. The number of likely N-dealkylation sites (tertiary alicyclic amines) is 1. The number of hydrogen-bond acceptors (Lipinski definition) is 2. The molecule has 3 rings (SSSR count). The monoisotopic (exact) mass is 281 g/mol. The van der Waals surface area contributed by atoms with Crippen LogP contribution in [0.15, 0.2) is 18.2 Å². The minimum atomic E-state index is -0.779. The van der Waals surface area contributed by atoms with Crippen molar-refractivity contribution in [1.29, 1.82) is 0 Å². The van der Waals surface area contributed by atoms with Gasteiger partial charge in [-0.05, 0) is 38.3 Å². The molecule has 110 valence electrons. The van der Waals surface area contributed by atoms with Gasteiger partial charge in [0.1, 0.15) is 0 Å². The summed E-state index contributed by atoms with van der Waals surface area (Å²) in [6, 6.07) is 4.68. The van der Waals surface area contributed by atoms with E-state index in [2.05, 4.69) is 4.90 Å². The van der Waals surface area contributed by atoms with Gasteiger partial charge in [0.25, 0.3) is 0 Å². The predicted molar refractivity (Wildman–Crippen MR) is 73.1 cm³/mol. The Labute approximate surface area is 118 Å². The number of rotatable bonds is 3. The lowest BCUT2D eigenvalue weighted by molar-refractivity contribution is 0.0714. The van der Waals surface area contributed by atoms with Crippen LogP contribution in [0.3, 0.4) is 0 Å². The number of aliphatic hydroxyl groups is 1. The molecule has 1 aliphatic heterocycles. The van der Waals surface area contributed by atoms with Crippen molar-refractivity contribution in [1.82, 2.24) is 4.90 Å². The molecule has 1 aliphatic carbocycles. The molecule has 1 saturated heterocycles. The van der Waals surface area contributed by atoms with Gasteiger partial charge in [0.05, 0.1) is 6.10 Å².